The van der Waals surface area contributed by atoms with E-state index in [1.54, 1.807) is 0 Å². The van der Waals surface area contributed by atoms with Crippen LogP contribution in [0.3, 0.4) is 0 Å². The normalized spacial score (nSPS) is 15.2. The number of hydrogen-bond acceptors (Lipinski definition) is 5. The van der Waals surface area contributed by atoms with E-state index in [1.165, 1.54) is 24.3 Å². The summed E-state index contributed by atoms with van der Waals surface area (Å²) in [6.07, 6.45) is 2.95. The number of hydrogen-bond donors (Lipinski definition) is 2. The Kier molecular flexibility index (Phi) is 9.48. The minimum absolute atomic E-state index is 0.00733. The van der Waals surface area contributed by atoms with Crippen LogP contribution in [-0.2, 0) is 11.3 Å². The molecule has 0 aromatic heterocycles. The molecule has 3 aromatic rings. The zero-order valence-corrected chi connectivity index (χ0v) is 23.4. The second-order valence-electron chi connectivity index (χ2n) is 10.5. The fourth-order valence-electron chi connectivity index (χ4n) is 5.39. The Hall–Kier alpha value is -3.95. The zero-order chi connectivity index (χ0) is 28.6. The molecule has 3 aromatic carbocycles. The molecule has 3 N–H and O–H groups in total. The maximum atomic E-state index is 13.4. The fraction of sp³-hybridized carbons (Fsp3) is 0.375. The quantitative estimate of drug-likeness (QED) is 0.387. The molecular formula is C32H38FN5O3. The van der Waals surface area contributed by atoms with Crippen LogP contribution in [-0.4, -0.2) is 74.2 Å². The number of ether oxygens (including phenoxy) is 1. The molecular weight excluding hydrogens is 521 g/mol. The van der Waals surface area contributed by atoms with E-state index in [4.69, 9.17) is 10.5 Å². The first kappa shape index (κ1) is 28.6. The van der Waals surface area contributed by atoms with Crippen LogP contribution < -0.4 is 16.0 Å². The van der Waals surface area contributed by atoms with E-state index in [9.17, 15) is 14.0 Å². The molecule has 8 nitrogen and oxygen atoms in total. The highest BCUT2D eigenvalue weighted by atomic mass is 19.1. The van der Waals surface area contributed by atoms with Gasteiger partial charge in [0.1, 0.15) is 5.82 Å². The van der Waals surface area contributed by atoms with Crippen molar-refractivity contribution in [2.45, 2.75) is 25.8 Å². The van der Waals surface area contributed by atoms with Gasteiger partial charge in [-0.2, -0.15) is 0 Å². The number of amides is 3. The first-order valence-electron chi connectivity index (χ1n) is 14.4. The Morgan fingerprint density at radius 3 is 2.39 bits per heavy atom. The molecule has 0 aliphatic carbocycles. The maximum absolute atomic E-state index is 13.4. The Morgan fingerprint density at radius 1 is 0.927 bits per heavy atom. The van der Waals surface area contributed by atoms with E-state index >= 15 is 0 Å². The number of anilines is 2. The molecule has 2 fully saturated rings. The average Bonchev–Trinajstić information content (AvgIpc) is 3.55. The van der Waals surface area contributed by atoms with E-state index in [1.807, 2.05) is 34.1 Å². The highest BCUT2D eigenvalue weighted by Gasteiger charge is 2.23. The summed E-state index contributed by atoms with van der Waals surface area (Å²) < 4.78 is 18.8. The van der Waals surface area contributed by atoms with Gasteiger partial charge in [-0.15, -0.1) is 0 Å². The number of carbonyl (C=O) groups is 2. The van der Waals surface area contributed by atoms with Gasteiger partial charge in [0.15, 0.2) is 0 Å². The van der Waals surface area contributed by atoms with Gasteiger partial charge in [-0.05, 0) is 85.0 Å². The number of nitrogens with zero attached hydrogens (tertiary/aromatic N) is 3. The van der Waals surface area contributed by atoms with E-state index in [0.29, 0.717) is 51.5 Å². The van der Waals surface area contributed by atoms with Crippen LogP contribution in [0, 0.1) is 5.82 Å². The number of urea groups is 1. The highest BCUT2D eigenvalue weighted by Crippen LogP contribution is 2.34. The molecule has 9 heteroatoms. The van der Waals surface area contributed by atoms with Crippen molar-refractivity contribution in [1.29, 1.82) is 0 Å². The summed E-state index contributed by atoms with van der Waals surface area (Å²) in [4.78, 5) is 32.4. The molecule has 2 aliphatic heterocycles. The second kappa shape index (κ2) is 13.6. The number of benzene rings is 3. The molecule has 0 bridgehead atoms. The molecule has 5 rings (SSSR count). The van der Waals surface area contributed by atoms with Crippen molar-refractivity contribution in [3.05, 3.63) is 83.7 Å². The largest absolute Gasteiger partial charge is 0.378 e. The van der Waals surface area contributed by atoms with Gasteiger partial charge in [0.2, 0.25) is 0 Å². The van der Waals surface area contributed by atoms with Crippen molar-refractivity contribution in [2.75, 3.05) is 62.7 Å². The Labute approximate surface area is 240 Å². The average molecular weight is 560 g/mol. The van der Waals surface area contributed by atoms with Crippen LogP contribution in [0.1, 0.15) is 35.2 Å². The lowest BCUT2D eigenvalue weighted by molar-refractivity contribution is 0.0425. The predicted molar refractivity (Wildman–Crippen MR) is 160 cm³/mol. The first-order valence-corrected chi connectivity index (χ1v) is 14.4. The molecule has 2 aliphatic rings. The van der Waals surface area contributed by atoms with Crippen LogP contribution in [0.5, 0.6) is 0 Å². The maximum Gasteiger partial charge on any atom is 0.320 e. The van der Waals surface area contributed by atoms with E-state index in [-0.39, 0.29) is 17.8 Å². The molecule has 0 unspecified atom stereocenters. The van der Waals surface area contributed by atoms with Crippen LogP contribution in [0.4, 0.5) is 20.6 Å². The standard InChI is InChI=1S/C32H38FN5O3/c33-28-10-7-25(8-11-28)31(39)35-29-22-27(9-12-30(29)36-14-1-2-15-36)26-6-3-5-24(21-26)23-38(16-4-13-34)32(40)37-17-19-41-20-18-37/h3,5-12,21-22H,1-2,4,13-20,23,34H2,(H,35,39). The molecule has 216 valence electrons. The number of rotatable bonds is 9. The van der Waals surface area contributed by atoms with Crippen molar-refractivity contribution in [3.8, 4) is 11.1 Å². The Balaban J connectivity index is 1.39. The Bertz CT molecular complexity index is 1340. The monoisotopic (exact) mass is 559 g/mol. The molecule has 0 radical (unpaired) electrons. The molecule has 0 atom stereocenters. The third-order valence-corrected chi connectivity index (χ3v) is 7.62. The summed E-state index contributed by atoms with van der Waals surface area (Å²) in [5, 5.41) is 3.07. The number of nitrogens with one attached hydrogen (secondary N) is 1. The van der Waals surface area contributed by atoms with Gasteiger partial charge in [0, 0.05) is 44.8 Å². The summed E-state index contributed by atoms with van der Waals surface area (Å²) in [7, 11) is 0. The summed E-state index contributed by atoms with van der Waals surface area (Å²) >= 11 is 0. The van der Waals surface area contributed by atoms with Crippen LogP contribution in [0.15, 0.2) is 66.7 Å². The summed E-state index contributed by atoms with van der Waals surface area (Å²) in [6, 6.07) is 19.9. The van der Waals surface area contributed by atoms with Gasteiger partial charge >= 0.3 is 6.03 Å². The third kappa shape index (κ3) is 7.23. The number of carbonyl (C=O) groups excluding carboxylic acids is 2. The lowest BCUT2D eigenvalue weighted by Gasteiger charge is -2.33. The van der Waals surface area contributed by atoms with Crippen molar-refractivity contribution >= 4 is 23.3 Å². The predicted octanol–water partition coefficient (Wildman–Crippen LogP) is 4.95. The van der Waals surface area contributed by atoms with Gasteiger partial charge in [-0.25, -0.2) is 9.18 Å². The molecule has 3 amide bonds. The van der Waals surface area contributed by atoms with Gasteiger partial charge in [-0.1, -0.05) is 24.3 Å². The lowest BCUT2D eigenvalue weighted by Crippen LogP contribution is -2.48. The SMILES string of the molecule is NCCCN(Cc1cccc(-c2ccc(N3CCCC3)c(NC(=O)c3ccc(F)cc3)c2)c1)C(=O)N1CCOCC1. The van der Waals surface area contributed by atoms with Crippen LogP contribution >= 0.6 is 0 Å². The molecule has 2 saturated heterocycles. The van der Waals surface area contributed by atoms with Crippen LogP contribution in [0.2, 0.25) is 0 Å². The highest BCUT2D eigenvalue weighted by molar-refractivity contribution is 6.06. The minimum Gasteiger partial charge on any atom is -0.378 e. The van der Waals surface area contributed by atoms with E-state index in [0.717, 1.165) is 60.4 Å². The number of nitrogens with two attached hydrogens (primary N) is 1. The van der Waals surface area contributed by atoms with Gasteiger partial charge in [0.25, 0.3) is 5.91 Å². The van der Waals surface area contributed by atoms with Gasteiger partial charge < -0.3 is 30.5 Å². The van der Waals surface area contributed by atoms with Gasteiger partial charge in [0.05, 0.1) is 24.6 Å². The first-order chi connectivity index (χ1) is 20.0. The molecule has 41 heavy (non-hydrogen) atoms. The molecule has 2 heterocycles. The van der Waals surface area contributed by atoms with Crippen molar-refractivity contribution in [2.24, 2.45) is 5.73 Å². The van der Waals surface area contributed by atoms with Gasteiger partial charge in [-0.3, -0.25) is 4.79 Å². The van der Waals surface area contributed by atoms with E-state index < -0.39 is 0 Å². The minimum atomic E-state index is -0.380. The van der Waals surface area contributed by atoms with Crippen molar-refractivity contribution in [3.63, 3.8) is 0 Å². The number of morpholine rings is 1. The summed E-state index contributed by atoms with van der Waals surface area (Å²) in [5.74, 6) is -0.664. The molecule has 0 saturated carbocycles. The molecule has 0 spiro atoms. The third-order valence-electron chi connectivity index (χ3n) is 7.62. The van der Waals surface area contributed by atoms with Crippen molar-refractivity contribution in [1.82, 2.24) is 9.80 Å². The fourth-order valence-corrected chi connectivity index (χ4v) is 5.39. The lowest BCUT2D eigenvalue weighted by atomic mass is 10.0. The zero-order valence-electron chi connectivity index (χ0n) is 23.4. The topological polar surface area (TPSA) is 91.1 Å². The van der Waals surface area contributed by atoms with E-state index in [2.05, 4.69) is 28.4 Å². The summed E-state index contributed by atoms with van der Waals surface area (Å²) in [6.45, 7) is 5.74. The second-order valence-corrected chi connectivity index (χ2v) is 10.5. The number of halogens is 1. The Morgan fingerprint density at radius 2 is 1.66 bits per heavy atom. The van der Waals surface area contributed by atoms with Crippen LogP contribution in [0.25, 0.3) is 11.1 Å². The summed E-state index contributed by atoms with van der Waals surface area (Å²) in [5.41, 5.74) is 10.8. The van der Waals surface area contributed by atoms with Crippen molar-refractivity contribution < 1.29 is 18.7 Å². The smallest absolute Gasteiger partial charge is 0.320 e.